The fourth-order valence-electron chi connectivity index (χ4n) is 2.63. The van der Waals surface area contributed by atoms with E-state index in [0.717, 1.165) is 11.3 Å². The number of methoxy groups -OCH3 is 1. The van der Waals surface area contributed by atoms with Crippen molar-refractivity contribution in [2.24, 2.45) is 0 Å². The SMILES string of the molecule is COc1ccccc1S(=O)(=O)N1CCNCc2ccccc21. The average Bonchev–Trinajstić information content (AvgIpc) is 2.77. The van der Waals surface area contributed by atoms with E-state index in [4.69, 9.17) is 4.74 Å². The van der Waals surface area contributed by atoms with Gasteiger partial charge in [-0.3, -0.25) is 4.31 Å². The van der Waals surface area contributed by atoms with E-state index < -0.39 is 10.0 Å². The molecule has 0 unspecified atom stereocenters. The van der Waals surface area contributed by atoms with Crippen molar-refractivity contribution in [1.82, 2.24) is 5.32 Å². The van der Waals surface area contributed by atoms with Gasteiger partial charge in [0.1, 0.15) is 10.6 Å². The minimum absolute atomic E-state index is 0.189. The summed E-state index contributed by atoms with van der Waals surface area (Å²) in [6.45, 7) is 1.65. The standard InChI is InChI=1S/C16H18N2O3S/c1-21-15-8-4-5-9-16(15)22(19,20)18-11-10-17-12-13-6-2-3-7-14(13)18/h2-9,17H,10-12H2,1H3. The van der Waals surface area contributed by atoms with Crippen molar-refractivity contribution in [3.8, 4) is 5.75 Å². The van der Waals surface area contributed by atoms with Gasteiger partial charge in [0.2, 0.25) is 0 Å². The predicted molar refractivity (Wildman–Crippen MR) is 85.7 cm³/mol. The smallest absolute Gasteiger partial charge is 0.268 e. The van der Waals surface area contributed by atoms with E-state index in [9.17, 15) is 8.42 Å². The molecular formula is C16H18N2O3S. The number of benzene rings is 2. The predicted octanol–water partition coefficient (Wildman–Crippen LogP) is 1.99. The van der Waals surface area contributed by atoms with Gasteiger partial charge in [0, 0.05) is 19.6 Å². The zero-order valence-electron chi connectivity index (χ0n) is 12.3. The van der Waals surface area contributed by atoms with Gasteiger partial charge in [-0.05, 0) is 23.8 Å². The minimum Gasteiger partial charge on any atom is -0.495 e. The molecule has 0 saturated carbocycles. The molecule has 0 fully saturated rings. The maximum Gasteiger partial charge on any atom is 0.268 e. The van der Waals surface area contributed by atoms with Crippen molar-refractivity contribution in [3.63, 3.8) is 0 Å². The number of hydrogen-bond acceptors (Lipinski definition) is 4. The summed E-state index contributed by atoms with van der Waals surface area (Å²) in [6.07, 6.45) is 0. The maximum atomic E-state index is 13.1. The Morgan fingerprint density at radius 1 is 1.09 bits per heavy atom. The van der Waals surface area contributed by atoms with Crippen LogP contribution >= 0.6 is 0 Å². The van der Waals surface area contributed by atoms with E-state index in [-0.39, 0.29) is 4.90 Å². The number of anilines is 1. The number of nitrogens with one attached hydrogen (secondary N) is 1. The highest BCUT2D eigenvalue weighted by Crippen LogP contribution is 2.32. The Balaban J connectivity index is 2.13. The molecule has 0 aromatic heterocycles. The van der Waals surface area contributed by atoms with Gasteiger partial charge in [0.05, 0.1) is 12.8 Å². The number of hydrogen-bond donors (Lipinski definition) is 1. The molecule has 1 aliphatic heterocycles. The van der Waals surface area contributed by atoms with Crippen LogP contribution in [0.1, 0.15) is 5.56 Å². The Bertz CT molecular complexity index is 774. The summed E-state index contributed by atoms with van der Waals surface area (Å²) in [5.74, 6) is 0.359. The van der Waals surface area contributed by atoms with E-state index in [1.54, 1.807) is 24.3 Å². The van der Waals surface area contributed by atoms with Gasteiger partial charge in [0.15, 0.2) is 0 Å². The van der Waals surface area contributed by atoms with Gasteiger partial charge in [-0.2, -0.15) is 0 Å². The monoisotopic (exact) mass is 318 g/mol. The van der Waals surface area contributed by atoms with Gasteiger partial charge < -0.3 is 10.1 Å². The molecule has 5 nitrogen and oxygen atoms in total. The van der Waals surface area contributed by atoms with Crippen molar-refractivity contribution in [1.29, 1.82) is 0 Å². The van der Waals surface area contributed by atoms with Crippen LogP contribution in [0, 0.1) is 0 Å². The van der Waals surface area contributed by atoms with Crippen LogP contribution in [0.3, 0.4) is 0 Å². The van der Waals surface area contributed by atoms with Crippen molar-refractivity contribution in [2.75, 3.05) is 24.5 Å². The number of rotatable bonds is 3. The first-order valence-electron chi connectivity index (χ1n) is 7.09. The lowest BCUT2D eigenvalue weighted by Crippen LogP contribution is -2.35. The fourth-order valence-corrected chi connectivity index (χ4v) is 4.29. The molecule has 116 valence electrons. The summed E-state index contributed by atoms with van der Waals surface area (Å²) in [5.41, 5.74) is 1.69. The van der Waals surface area contributed by atoms with Crippen LogP contribution in [-0.4, -0.2) is 28.6 Å². The molecule has 1 aliphatic rings. The van der Waals surface area contributed by atoms with Crippen LogP contribution in [0.4, 0.5) is 5.69 Å². The molecule has 0 bridgehead atoms. The minimum atomic E-state index is -3.67. The molecule has 2 aromatic rings. The van der Waals surface area contributed by atoms with Gasteiger partial charge in [0.25, 0.3) is 10.0 Å². The molecule has 2 aromatic carbocycles. The zero-order chi connectivity index (χ0) is 15.6. The topological polar surface area (TPSA) is 58.6 Å². The van der Waals surface area contributed by atoms with Crippen molar-refractivity contribution in [2.45, 2.75) is 11.4 Å². The number of fused-ring (bicyclic) bond motifs is 1. The number of ether oxygens (including phenoxy) is 1. The van der Waals surface area contributed by atoms with Gasteiger partial charge in [-0.25, -0.2) is 8.42 Å². The van der Waals surface area contributed by atoms with E-state index in [2.05, 4.69) is 5.32 Å². The van der Waals surface area contributed by atoms with E-state index >= 15 is 0 Å². The molecule has 0 spiro atoms. The Morgan fingerprint density at radius 3 is 2.64 bits per heavy atom. The Morgan fingerprint density at radius 2 is 1.82 bits per heavy atom. The third-order valence-electron chi connectivity index (χ3n) is 3.70. The highest BCUT2D eigenvalue weighted by Gasteiger charge is 2.30. The lowest BCUT2D eigenvalue weighted by Gasteiger charge is -2.25. The maximum absolute atomic E-state index is 13.1. The third-order valence-corrected chi connectivity index (χ3v) is 5.56. The summed E-state index contributed by atoms with van der Waals surface area (Å²) < 4.78 is 32.9. The summed E-state index contributed by atoms with van der Waals surface area (Å²) in [4.78, 5) is 0.189. The lowest BCUT2D eigenvalue weighted by atomic mass is 10.2. The Kier molecular flexibility index (Phi) is 4.04. The number of nitrogens with zero attached hydrogens (tertiary/aromatic N) is 1. The number of para-hydroxylation sites is 2. The van der Waals surface area contributed by atoms with Gasteiger partial charge >= 0.3 is 0 Å². The average molecular weight is 318 g/mol. The molecule has 0 aliphatic carbocycles. The first-order valence-corrected chi connectivity index (χ1v) is 8.53. The second-order valence-corrected chi connectivity index (χ2v) is 6.86. The van der Waals surface area contributed by atoms with E-state index in [0.29, 0.717) is 25.4 Å². The molecule has 1 N–H and O–H groups in total. The normalized spacial score (nSPS) is 15.0. The second-order valence-electron chi connectivity index (χ2n) is 5.03. The summed E-state index contributed by atoms with van der Waals surface area (Å²) >= 11 is 0. The highest BCUT2D eigenvalue weighted by molar-refractivity contribution is 7.93. The first-order chi connectivity index (χ1) is 10.6. The van der Waals surface area contributed by atoms with Crippen LogP contribution in [0.15, 0.2) is 53.4 Å². The lowest BCUT2D eigenvalue weighted by molar-refractivity contribution is 0.402. The van der Waals surface area contributed by atoms with Crippen molar-refractivity contribution < 1.29 is 13.2 Å². The Labute approximate surface area is 130 Å². The van der Waals surface area contributed by atoms with Crippen molar-refractivity contribution >= 4 is 15.7 Å². The van der Waals surface area contributed by atoms with Gasteiger partial charge in [-0.1, -0.05) is 30.3 Å². The quantitative estimate of drug-likeness (QED) is 0.940. The van der Waals surface area contributed by atoms with Crippen LogP contribution in [0.25, 0.3) is 0 Å². The van der Waals surface area contributed by atoms with Crippen LogP contribution in [0.2, 0.25) is 0 Å². The number of sulfonamides is 1. The van der Waals surface area contributed by atoms with E-state index in [1.165, 1.54) is 11.4 Å². The summed E-state index contributed by atoms with van der Waals surface area (Å²) in [5, 5.41) is 3.25. The zero-order valence-corrected chi connectivity index (χ0v) is 13.1. The summed E-state index contributed by atoms with van der Waals surface area (Å²) in [7, 11) is -2.19. The first kappa shape index (κ1) is 14.9. The molecule has 0 saturated heterocycles. The molecule has 3 rings (SSSR count). The third kappa shape index (κ3) is 2.55. The van der Waals surface area contributed by atoms with E-state index in [1.807, 2.05) is 24.3 Å². The molecule has 1 heterocycles. The molecule has 0 amide bonds. The second kappa shape index (κ2) is 5.98. The molecule has 22 heavy (non-hydrogen) atoms. The van der Waals surface area contributed by atoms with Crippen LogP contribution in [-0.2, 0) is 16.6 Å². The largest absolute Gasteiger partial charge is 0.495 e. The molecular weight excluding hydrogens is 300 g/mol. The van der Waals surface area contributed by atoms with Crippen LogP contribution in [0.5, 0.6) is 5.75 Å². The van der Waals surface area contributed by atoms with Crippen LogP contribution < -0.4 is 14.4 Å². The molecule has 0 atom stereocenters. The summed E-state index contributed by atoms with van der Waals surface area (Å²) in [6, 6.07) is 14.3. The fraction of sp³-hybridized carbons (Fsp3) is 0.250. The molecule has 0 radical (unpaired) electrons. The van der Waals surface area contributed by atoms with Gasteiger partial charge in [-0.15, -0.1) is 0 Å². The van der Waals surface area contributed by atoms with Crippen molar-refractivity contribution in [3.05, 3.63) is 54.1 Å². The molecule has 6 heteroatoms. The Hall–Kier alpha value is -2.05. The highest BCUT2D eigenvalue weighted by atomic mass is 32.2.